The molecule has 5 nitrogen and oxygen atoms in total. The van der Waals surface area contributed by atoms with E-state index in [1.165, 1.54) is 10.6 Å². The predicted molar refractivity (Wildman–Crippen MR) is 72.4 cm³/mol. The molecule has 1 fully saturated rings. The zero-order valence-corrected chi connectivity index (χ0v) is 11.8. The van der Waals surface area contributed by atoms with E-state index in [1.807, 2.05) is 12.1 Å². The van der Waals surface area contributed by atoms with Crippen molar-refractivity contribution in [3.05, 3.63) is 23.9 Å². The van der Waals surface area contributed by atoms with Crippen molar-refractivity contribution in [2.45, 2.75) is 5.88 Å². The van der Waals surface area contributed by atoms with Gasteiger partial charge in [0, 0.05) is 38.3 Å². The number of aromatic nitrogens is 1. The summed E-state index contributed by atoms with van der Waals surface area (Å²) in [6.45, 7) is 2.33. The second kappa shape index (κ2) is 5.42. The lowest BCUT2D eigenvalue weighted by molar-refractivity contribution is 0.387. The summed E-state index contributed by atoms with van der Waals surface area (Å²) < 4.78 is 24.3. The van der Waals surface area contributed by atoms with Crippen LogP contribution in [0.5, 0.6) is 0 Å². The molecule has 0 radical (unpaired) electrons. The van der Waals surface area contributed by atoms with E-state index in [4.69, 9.17) is 11.6 Å². The zero-order chi connectivity index (χ0) is 13.2. The first-order chi connectivity index (χ1) is 8.50. The molecule has 7 heteroatoms. The van der Waals surface area contributed by atoms with Crippen molar-refractivity contribution in [3.63, 3.8) is 0 Å². The van der Waals surface area contributed by atoms with Gasteiger partial charge in [0.2, 0.25) is 10.0 Å². The summed E-state index contributed by atoms with van der Waals surface area (Å²) in [5.41, 5.74) is 1.02. The molecule has 1 saturated heterocycles. The fraction of sp³-hybridized carbons (Fsp3) is 0.545. The van der Waals surface area contributed by atoms with Crippen molar-refractivity contribution in [1.29, 1.82) is 0 Å². The Kier molecular flexibility index (Phi) is 4.09. The molecule has 0 bridgehead atoms. The van der Waals surface area contributed by atoms with Crippen LogP contribution in [-0.4, -0.2) is 50.1 Å². The quantitative estimate of drug-likeness (QED) is 0.776. The molecule has 2 heterocycles. The van der Waals surface area contributed by atoms with Gasteiger partial charge in [-0.3, -0.25) is 0 Å². The summed E-state index contributed by atoms with van der Waals surface area (Å²) in [4.78, 5) is 6.38. The number of pyridine rings is 1. The molecule has 0 aliphatic carbocycles. The average Bonchev–Trinajstić information content (AvgIpc) is 2.38. The molecule has 100 valence electrons. The van der Waals surface area contributed by atoms with Crippen LogP contribution in [0.2, 0.25) is 0 Å². The molecule has 1 aromatic rings. The lowest BCUT2D eigenvalue weighted by atomic mass is 10.2. The molecular weight excluding hydrogens is 274 g/mol. The van der Waals surface area contributed by atoms with E-state index in [-0.39, 0.29) is 0 Å². The summed E-state index contributed by atoms with van der Waals surface area (Å²) in [5, 5.41) is 0. The van der Waals surface area contributed by atoms with Crippen LogP contribution in [0.4, 0.5) is 5.82 Å². The lowest BCUT2D eigenvalue weighted by Crippen LogP contribution is -2.48. The van der Waals surface area contributed by atoms with Crippen molar-refractivity contribution in [2.75, 3.05) is 37.3 Å². The minimum Gasteiger partial charge on any atom is -0.354 e. The Labute approximate surface area is 112 Å². The molecule has 18 heavy (non-hydrogen) atoms. The maximum Gasteiger partial charge on any atom is 0.211 e. The van der Waals surface area contributed by atoms with Crippen molar-refractivity contribution >= 4 is 27.4 Å². The maximum absolute atomic E-state index is 11.4. The topological polar surface area (TPSA) is 53.5 Å². The van der Waals surface area contributed by atoms with Gasteiger partial charge in [-0.1, -0.05) is 0 Å². The van der Waals surface area contributed by atoms with E-state index in [0.29, 0.717) is 32.1 Å². The van der Waals surface area contributed by atoms with Crippen LogP contribution >= 0.6 is 11.6 Å². The fourth-order valence-electron chi connectivity index (χ4n) is 1.97. The summed E-state index contributed by atoms with van der Waals surface area (Å²) in [7, 11) is -3.08. The standard InChI is InChI=1S/C11H16ClN3O2S/c1-18(16,17)15-6-4-14(5-7-15)11-8-10(9-12)2-3-13-11/h2-3,8H,4-7,9H2,1H3. The van der Waals surface area contributed by atoms with Gasteiger partial charge in [-0.15, -0.1) is 11.6 Å². The molecule has 0 unspecified atom stereocenters. The van der Waals surface area contributed by atoms with E-state index in [2.05, 4.69) is 9.88 Å². The van der Waals surface area contributed by atoms with Gasteiger partial charge in [0.25, 0.3) is 0 Å². The number of nitrogens with zero attached hydrogens (tertiary/aromatic N) is 3. The third-order valence-corrected chi connectivity index (χ3v) is 4.61. The van der Waals surface area contributed by atoms with Gasteiger partial charge in [0.15, 0.2) is 0 Å². The summed E-state index contributed by atoms with van der Waals surface area (Å²) >= 11 is 5.79. The number of anilines is 1. The van der Waals surface area contributed by atoms with Crippen LogP contribution in [0.1, 0.15) is 5.56 Å². The summed E-state index contributed by atoms with van der Waals surface area (Å²) in [6, 6.07) is 3.83. The molecule has 0 saturated carbocycles. The van der Waals surface area contributed by atoms with Gasteiger partial charge in [-0.25, -0.2) is 13.4 Å². The van der Waals surface area contributed by atoms with Crippen molar-refractivity contribution in [3.8, 4) is 0 Å². The maximum atomic E-state index is 11.4. The first-order valence-corrected chi connectivity index (χ1v) is 8.10. The highest BCUT2D eigenvalue weighted by Gasteiger charge is 2.23. The Balaban J connectivity index is 2.05. The van der Waals surface area contributed by atoms with Crippen molar-refractivity contribution in [2.24, 2.45) is 0 Å². The lowest BCUT2D eigenvalue weighted by Gasteiger charge is -2.34. The number of piperazine rings is 1. The van der Waals surface area contributed by atoms with E-state index in [1.54, 1.807) is 6.20 Å². The third-order valence-electron chi connectivity index (χ3n) is 3.00. The van der Waals surface area contributed by atoms with E-state index in [9.17, 15) is 8.42 Å². The Morgan fingerprint density at radius 2 is 2.00 bits per heavy atom. The molecule has 0 amide bonds. The van der Waals surface area contributed by atoms with Crippen LogP contribution in [-0.2, 0) is 15.9 Å². The van der Waals surface area contributed by atoms with Crippen LogP contribution < -0.4 is 4.90 Å². The minimum atomic E-state index is -3.08. The molecule has 1 aromatic heterocycles. The Morgan fingerprint density at radius 3 is 2.56 bits per heavy atom. The number of rotatable bonds is 3. The fourth-order valence-corrected chi connectivity index (χ4v) is 2.96. The van der Waals surface area contributed by atoms with Crippen LogP contribution in [0.15, 0.2) is 18.3 Å². The van der Waals surface area contributed by atoms with Gasteiger partial charge in [-0.05, 0) is 17.7 Å². The molecule has 0 N–H and O–H groups in total. The Hall–Kier alpha value is -0.850. The highest BCUT2D eigenvalue weighted by Crippen LogP contribution is 2.17. The van der Waals surface area contributed by atoms with E-state index in [0.717, 1.165) is 11.4 Å². The van der Waals surface area contributed by atoms with Crippen LogP contribution in [0.3, 0.4) is 0 Å². The van der Waals surface area contributed by atoms with E-state index >= 15 is 0 Å². The molecule has 1 aliphatic rings. The molecule has 1 aliphatic heterocycles. The molecule has 0 spiro atoms. The predicted octanol–water partition coefficient (Wildman–Crippen LogP) is 0.902. The second-order valence-electron chi connectivity index (χ2n) is 4.31. The Bertz CT molecular complexity index is 513. The van der Waals surface area contributed by atoms with Crippen LogP contribution in [0, 0.1) is 0 Å². The number of hydrogen-bond donors (Lipinski definition) is 0. The second-order valence-corrected chi connectivity index (χ2v) is 6.55. The SMILES string of the molecule is CS(=O)(=O)N1CCN(c2cc(CCl)ccn2)CC1. The van der Waals surface area contributed by atoms with Crippen molar-refractivity contribution < 1.29 is 8.42 Å². The third kappa shape index (κ3) is 3.13. The number of hydrogen-bond acceptors (Lipinski definition) is 4. The van der Waals surface area contributed by atoms with E-state index < -0.39 is 10.0 Å². The normalized spacial score (nSPS) is 18.0. The van der Waals surface area contributed by atoms with Gasteiger partial charge >= 0.3 is 0 Å². The number of alkyl halides is 1. The molecule has 2 rings (SSSR count). The highest BCUT2D eigenvalue weighted by atomic mass is 35.5. The van der Waals surface area contributed by atoms with Gasteiger partial charge in [0.1, 0.15) is 5.82 Å². The van der Waals surface area contributed by atoms with Crippen LogP contribution in [0.25, 0.3) is 0 Å². The molecule has 0 aromatic carbocycles. The Morgan fingerprint density at radius 1 is 1.33 bits per heavy atom. The average molecular weight is 290 g/mol. The van der Waals surface area contributed by atoms with Gasteiger partial charge in [0.05, 0.1) is 6.26 Å². The monoisotopic (exact) mass is 289 g/mol. The molecule has 0 atom stereocenters. The highest BCUT2D eigenvalue weighted by molar-refractivity contribution is 7.88. The zero-order valence-electron chi connectivity index (χ0n) is 10.2. The van der Waals surface area contributed by atoms with Crippen molar-refractivity contribution in [1.82, 2.24) is 9.29 Å². The summed E-state index contributed by atoms with van der Waals surface area (Å²) in [6.07, 6.45) is 2.98. The number of sulfonamides is 1. The number of halogens is 1. The summed E-state index contributed by atoms with van der Waals surface area (Å²) in [5.74, 6) is 1.32. The first kappa shape index (κ1) is 13.6. The minimum absolute atomic E-state index is 0.457. The molecular formula is C11H16ClN3O2S. The smallest absolute Gasteiger partial charge is 0.211 e. The largest absolute Gasteiger partial charge is 0.354 e. The van der Waals surface area contributed by atoms with Gasteiger partial charge in [-0.2, -0.15) is 4.31 Å². The van der Waals surface area contributed by atoms with Gasteiger partial charge < -0.3 is 4.90 Å². The first-order valence-electron chi connectivity index (χ1n) is 5.71.